The van der Waals surface area contributed by atoms with E-state index in [9.17, 15) is 9.59 Å². The first-order valence-electron chi connectivity index (χ1n) is 9.28. The summed E-state index contributed by atoms with van der Waals surface area (Å²) < 4.78 is 12.3. The zero-order valence-corrected chi connectivity index (χ0v) is 19.2. The summed E-state index contributed by atoms with van der Waals surface area (Å²) in [6, 6.07) is 13.5. The lowest BCUT2D eigenvalue weighted by molar-refractivity contribution is -0.129. The zero-order valence-electron chi connectivity index (χ0n) is 16.8. The molecule has 0 aliphatic carbocycles. The van der Waals surface area contributed by atoms with Crippen LogP contribution in [-0.2, 0) is 9.59 Å². The van der Waals surface area contributed by atoms with E-state index in [0.29, 0.717) is 24.1 Å². The number of thioether (sulfide) groups is 1. The number of hydrogen-bond acceptors (Lipinski definition) is 6. The Labute approximate surface area is 187 Å². The number of halogens is 1. The third-order valence-electron chi connectivity index (χ3n) is 4.09. The van der Waals surface area contributed by atoms with Crippen LogP contribution in [0.1, 0.15) is 30.3 Å². The molecule has 9 heteroatoms. The molecule has 2 aromatic carbocycles. The highest BCUT2D eigenvalue weighted by atomic mass is 79.9. The second-order valence-corrected chi connectivity index (χ2v) is 8.55. The second-order valence-electron chi connectivity index (χ2n) is 6.62. The Morgan fingerprint density at radius 1 is 1.17 bits per heavy atom. The number of amides is 2. The minimum absolute atomic E-state index is 0.211. The molecule has 1 atom stereocenters. The van der Waals surface area contributed by atoms with Crippen molar-refractivity contribution >= 4 is 44.7 Å². The molecule has 0 fully saturated rings. The summed E-state index contributed by atoms with van der Waals surface area (Å²) in [4.78, 5) is 23.3. The number of rotatable bonds is 6. The molecule has 0 spiro atoms. The predicted octanol–water partition coefficient (Wildman–Crippen LogP) is 4.22. The first-order chi connectivity index (χ1) is 14.3. The van der Waals surface area contributed by atoms with Crippen LogP contribution in [0.15, 0.2) is 52.0 Å². The Hall–Kier alpha value is -2.52. The predicted molar refractivity (Wildman–Crippen MR) is 120 cm³/mol. The Morgan fingerprint density at radius 3 is 2.60 bits per heavy atom. The van der Waals surface area contributed by atoms with Gasteiger partial charge in [0.1, 0.15) is 30.1 Å². The molecule has 1 N–H and O–H groups in total. The first kappa shape index (κ1) is 22.2. The monoisotopic (exact) mass is 491 g/mol. The summed E-state index contributed by atoms with van der Waals surface area (Å²) in [5.74, 6) is 1.04. The van der Waals surface area contributed by atoms with E-state index in [1.54, 1.807) is 0 Å². The molecule has 0 saturated carbocycles. The number of amidine groups is 1. The van der Waals surface area contributed by atoms with Gasteiger partial charge in [0.15, 0.2) is 5.17 Å². The number of nitrogens with one attached hydrogen (secondary N) is 1. The average molecular weight is 492 g/mol. The van der Waals surface area contributed by atoms with E-state index in [4.69, 9.17) is 9.47 Å². The zero-order chi connectivity index (χ0) is 21.7. The quantitative estimate of drug-likeness (QED) is 0.611. The van der Waals surface area contributed by atoms with Crippen LogP contribution in [0.25, 0.3) is 0 Å². The number of hydrogen-bond donors (Lipinski definition) is 1. The smallest absolute Gasteiger partial charge is 0.241 e. The van der Waals surface area contributed by atoms with Crippen molar-refractivity contribution in [2.24, 2.45) is 5.10 Å². The molecular formula is C21H22BrN3O4S. The molecule has 7 nitrogen and oxygen atoms in total. The summed E-state index contributed by atoms with van der Waals surface area (Å²) in [7, 11) is 0. The van der Waals surface area contributed by atoms with E-state index < -0.39 is 0 Å². The molecule has 2 amide bonds. The molecule has 30 heavy (non-hydrogen) atoms. The fraction of sp³-hybridized carbons (Fsp3) is 0.286. The molecular weight excluding hydrogens is 470 g/mol. The molecule has 0 aromatic heterocycles. The van der Waals surface area contributed by atoms with Crippen LogP contribution in [-0.4, -0.2) is 35.2 Å². The van der Waals surface area contributed by atoms with Gasteiger partial charge < -0.3 is 14.8 Å². The number of carbonyl (C=O) groups is 2. The summed E-state index contributed by atoms with van der Waals surface area (Å²) in [5.41, 5.74) is 2.00. The second kappa shape index (κ2) is 9.99. The highest BCUT2D eigenvalue weighted by Gasteiger charge is 2.32. The Morgan fingerprint density at radius 2 is 1.93 bits per heavy atom. The SMILES string of the molecule is CC(=O)NC1=NN(C(C)=O)[C@@H](c2ccc(OCCOc3cccc(C)c3)c(Br)c2)S1. The van der Waals surface area contributed by atoms with Gasteiger partial charge in [0, 0.05) is 13.8 Å². The van der Waals surface area contributed by atoms with E-state index in [1.807, 2.05) is 49.4 Å². The maximum atomic E-state index is 12.0. The number of hydrazone groups is 1. The molecule has 158 valence electrons. The first-order valence-corrected chi connectivity index (χ1v) is 10.9. The lowest BCUT2D eigenvalue weighted by Crippen LogP contribution is -2.25. The van der Waals surface area contributed by atoms with Gasteiger partial charge in [0.05, 0.1) is 4.47 Å². The Balaban J connectivity index is 1.60. The van der Waals surface area contributed by atoms with E-state index in [0.717, 1.165) is 21.3 Å². The minimum atomic E-state index is -0.362. The van der Waals surface area contributed by atoms with Crippen molar-refractivity contribution in [1.29, 1.82) is 0 Å². The van der Waals surface area contributed by atoms with Gasteiger partial charge in [-0.05, 0) is 58.2 Å². The largest absolute Gasteiger partial charge is 0.490 e. The van der Waals surface area contributed by atoms with E-state index in [2.05, 4.69) is 26.3 Å². The number of nitrogens with zero attached hydrogens (tertiary/aromatic N) is 2. The van der Waals surface area contributed by atoms with Crippen molar-refractivity contribution in [2.45, 2.75) is 26.1 Å². The molecule has 1 aliphatic heterocycles. The third-order valence-corrected chi connectivity index (χ3v) is 5.81. The van der Waals surface area contributed by atoms with Crippen molar-refractivity contribution in [2.75, 3.05) is 13.2 Å². The Kier molecular flexibility index (Phi) is 7.38. The summed E-state index contributed by atoms with van der Waals surface area (Å²) in [6.07, 6.45) is 0. The standard InChI is InChI=1S/C21H22BrN3O4S/c1-13-5-4-6-17(11-13)28-9-10-29-19-8-7-16(12-18(19)22)20-25(15(3)27)24-21(30-20)23-14(2)26/h4-8,11-12,20H,9-10H2,1-3H3,(H,23,24,26)/t20-/m1/s1. The lowest BCUT2D eigenvalue weighted by Gasteiger charge is -2.20. The molecule has 0 radical (unpaired) electrons. The van der Waals surface area contributed by atoms with Crippen molar-refractivity contribution in [3.8, 4) is 11.5 Å². The molecule has 1 aliphatic rings. The Bertz CT molecular complexity index is 982. The average Bonchev–Trinajstić information content (AvgIpc) is 3.09. The van der Waals surface area contributed by atoms with E-state index in [-0.39, 0.29) is 17.2 Å². The van der Waals surface area contributed by atoms with E-state index >= 15 is 0 Å². The molecule has 0 unspecified atom stereocenters. The summed E-state index contributed by atoms with van der Waals surface area (Å²) >= 11 is 4.83. The maximum absolute atomic E-state index is 12.0. The van der Waals surface area contributed by atoms with E-state index in [1.165, 1.54) is 30.6 Å². The van der Waals surface area contributed by atoms with Crippen molar-refractivity contribution in [3.63, 3.8) is 0 Å². The fourth-order valence-electron chi connectivity index (χ4n) is 2.78. The lowest BCUT2D eigenvalue weighted by atomic mass is 10.2. The summed E-state index contributed by atoms with van der Waals surface area (Å²) in [6.45, 7) is 5.66. The summed E-state index contributed by atoms with van der Waals surface area (Å²) in [5, 5.41) is 8.22. The van der Waals surface area contributed by atoms with Gasteiger partial charge in [-0.25, -0.2) is 5.01 Å². The number of aryl methyl sites for hydroxylation is 1. The fourth-order valence-corrected chi connectivity index (χ4v) is 4.42. The molecule has 2 aromatic rings. The van der Waals surface area contributed by atoms with Gasteiger partial charge in [-0.3, -0.25) is 9.59 Å². The van der Waals surface area contributed by atoms with Crippen LogP contribution in [0.4, 0.5) is 0 Å². The van der Waals surface area contributed by atoms with Crippen LogP contribution >= 0.6 is 27.7 Å². The van der Waals surface area contributed by atoms with Gasteiger partial charge in [-0.15, -0.1) is 5.10 Å². The van der Waals surface area contributed by atoms with Crippen molar-refractivity contribution < 1.29 is 19.1 Å². The number of benzene rings is 2. The van der Waals surface area contributed by atoms with Crippen LogP contribution in [0.3, 0.4) is 0 Å². The molecule has 0 bridgehead atoms. The minimum Gasteiger partial charge on any atom is -0.490 e. The van der Waals surface area contributed by atoms with Crippen LogP contribution in [0, 0.1) is 6.92 Å². The van der Waals surface area contributed by atoms with Gasteiger partial charge in [0.25, 0.3) is 0 Å². The van der Waals surface area contributed by atoms with Gasteiger partial charge in [-0.1, -0.05) is 30.0 Å². The van der Waals surface area contributed by atoms with Crippen LogP contribution in [0.2, 0.25) is 0 Å². The van der Waals surface area contributed by atoms with Crippen molar-refractivity contribution in [1.82, 2.24) is 10.3 Å². The maximum Gasteiger partial charge on any atom is 0.241 e. The van der Waals surface area contributed by atoms with Crippen molar-refractivity contribution in [3.05, 3.63) is 58.1 Å². The highest BCUT2D eigenvalue weighted by molar-refractivity contribution is 9.10. The highest BCUT2D eigenvalue weighted by Crippen LogP contribution is 2.40. The molecule has 0 saturated heterocycles. The molecule has 1 heterocycles. The molecule has 3 rings (SSSR count). The topological polar surface area (TPSA) is 80.2 Å². The van der Waals surface area contributed by atoms with Gasteiger partial charge >= 0.3 is 0 Å². The van der Waals surface area contributed by atoms with Gasteiger partial charge in [-0.2, -0.15) is 0 Å². The van der Waals surface area contributed by atoms with Gasteiger partial charge in [0.2, 0.25) is 11.8 Å². The number of ether oxygens (including phenoxy) is 2. The number of carbonyl (C=O) groups excluding carboxylic acids is 2. The van der Waals surface area contributed by atoms with Crippen LogP contribution < -0.4 is 14.8 Å². The normalized spacial score (nSPS) is 15.5. The third kappa shape index (κ3) is 5.76. The van der Waals surface area contributed by atoms with Crippen LogP contribution in [0.5, 0.6) is 11.5 Å².